The number of hydrogen-bond donors (Lipinski definition) is 0. The van der Waals surface area contributed by atoms with Crippen molar-refractivity contribution in [3.63, 3.8) is 0 Å². The Labute approximate surface area is 217 Å². The van der Waals surface area contributed by atoms with Gasteiger partial charge in [0.15, 0.2) is 5.82 Å². The van der Waals surface area contributed by atoms with Crippen LogP contribution in [0, 0.1) is 12.2 Å². The average molecular weight is 560 g/mol. The highest BCUT2D eigenvalue weighted by Gasteiger charge is 2.38. The molecule has 0 aliphatic heterocycles. The molecule has 0 aliphatic carbocycles. The van der Waals surface area contributed by atoms with Crippen molar-refractivity contribution < 1.29 is 27.1 Å². The number of halogens is 3. The maximum Gasteiger partial charge on any atom is 0.430 e. The number of anilines is 1. The summed E-state index contributed by atoms with van der Waals surface area (Å²) in [6.45, 7) is 6.57. The van der Waals surface area contributed by atoms with Crippen molar-refractivity contribution in [2.45, 2.75) is 44.6 Å². The van der Waals surface area contributed by atoms with Crippen molar-refractivity contribution in [1.82, 2.24) is 4.98 Å². The lowest BCUT2D eigenvalue weighted by Crippen LogP contribution is -2.41. The van der Waals surface area contributed by atoms with Gasteiger partial charge in [0.05, 0.1) is 10.5 Å². The Morgan fingerprint density at radius 3 is 2.51 bits per heavy atom. The fraction of sp³-hybridized carbons (Fsp3) is 0.261. The Morgan fingerprint density at radius 1 is 1.20 bits per heavy atom. The van der Waals surface area contributed by atoms with Gasteiger partial charge in [0, 0.05) is 16.5 Å². The van der Waals surface area contributed by atoms with Crippen molar-refractivity contribution in [3.8, 4) is 11.5 Å². The van der Waals surface area contributed by atoms with Crippen molar-refractivity contribution in [3.05, 3.63) is 69.1 Å². The summed E-state index contributed by atoms with van der Waals surface area (Å²) in [4.78, 5) is 15.9. The van der Waals surface area contributed by atoms with Crippen LogP contribution in [-0.2, 0) is 21.2 Å². The van der Waals surface area contributed by atoms with Gasteiger partial charge in [-0.3, -0.25) is 0 Å². The lowest BCUT2D eigenvalue weighted by Gasteiger charge is -2.26. The van der Waals surface area contributed by atoms with Crippen molar-refractivity contribution in [2.75, 3.05) is 4.31 Å². The minimum Gasteiger partial charge on any atom is -0.455 e. The standard InChI is InChI=1S/C23H22Cl2FN2O5S2/c1-5-6-14-9-15(24)7-8-18(14)32-19-11-17(26)20(10-16(19)25)35(30,31)28(21-12-34-13-27-21)22(29)33-23(2,3)4/h5,7-13H,6H2,1-4H3. The number of carbonyl (C=O) groups is 1. The van der Waals surface area contributed by atoms with E-state index in [1.54, 1.807) is 39.0 Å². The molecule has 3 rings (SSSR count). The summed E-state index contributed by atoms with van der Waals surface area (Å²) >= 11 is 13.4. The number of rotatable bonds is 7. The summed E-state index contributed by atoms with van der Waals surface area (Å²) in [6.07, 6.45) is 1.18. The van der Waals surface area contributed by atoms with Gasteiger partial charge in [-0.2, -0.15) is 0 Å². The van der Waals surface area contributed by atoms with Gasteiger partial charge in [-0.25, -0.2) is 22.6 Å². The molecule has 0 saturated carbocycles. The molecular weight excluding hydrogens is 538 g/mol. The van der Waals surface area contributed by atoms with Crippen LogP contribution in [0.2, 0.25) is 10.0 Å². The number of nitrogens with zero attached hydrogens (tertiary/aromatic N) is 2. The second-order valence-corrected chi connectivity index (χ2v) is 11.6. The Balaban J connectivity index is 2.03. The molecule has 0 spiro atoms. The summed E-state index contributed by atoms with van der Waals surface area (Å²) in [5.74, 6) is -1.14. The zero-order valence-electron chi connectivity index (χ0n) is 19.2. The summed E-state index contributed by atoms with van der Waals surface area (Å²) in [5.41, 5.74) is 1.05. The van der Waals surface area contributed by atoms with Crippen LogP contribution in [0.4, 0.5) is 15.0 Å². The minimum absolute atomic E-state index is 0.111. The number of amides is 1. The Kier molecular flexibility index (Phi) is 8.31. The third-order valence-electron chi connectivity index (χ3n) is 4.36. The molecule has 35 heavy (non-hydrogen) atoms. The third-order valence-corrected chi connectivity index (χ3v) is 7.15. The van der Waals surface area contributed by atoms with Gasteiger partial charge < -0.3 is 9.47 Å². The molecule has 1 heterocycles. The maximum absolute atomic E-state index is 15.2. The molecule has 7 nitrogen and oxygen atoms in total. The van der Waals surface area contributed by atoms with Gasteiger partial charge in [0.25, 0.3) is 10.0 Å². The van der Waals surface area contributed by atoms with Crippen LogP contribution in [0.5, 0.6) is 11.5 Å². The van der Waals surface area contributed by atoms with E-state index in [4.69, 9.17) is 32.7 Å². The smallest absolute Gasteiger partial charge is 0.430 e. The Bertz CT molecular complexity index is 1330. The maximum atomic E-state index is 15.2. The topological polar surface area (TPSA) is 85.8 Å². The molecule has 0 unspecified atom stereocenters. The highest BCUT2D eigenvalue weighted by molar-refractivity contribution is 7.93. The van der Waals surface area contributed by atoms with E-state index in [2.05, 4.69) is 4.98 Å². The molecule has 2 aromatic carbocycles. The fourth-order valence-electron chi connectivity index (χ4n) is 2.95. The monoisotopic (exact) mass is 559 g/mol. The lowest BCUT2D eigenvalue weighted by molar-refractivity contribution is 0.0608. The molecule has 3 aromatic rings. The van der Waals surface area contributed by atoms with Crippen LogP contribution in [-0.4, -0.2) is 25.1 Å². The van der Waals surface area contributed by atoms with E-state index in [-0.39, 0.29) is 16.6 Å². The average Bonchev–Trinajstić information content (AvgIpc) is 3.25. The van der Waals surface area contributed by atoms with E-state index in [0.717, 1.165) is 29.0 Å². The van der Waals surface area contributed by atoms with E-state index >= 15 is 4.39 Å². The number of thiazole rings is 1. The molecule has 12 heteroatoms. The van der Waals surface area contributed by atoms with Crippen molar-refractivity contribution in [1.29, 1.82) is 0 Å². The van der Waals surface area contributed by atoms with Crippen LogP contribution in [0.15, 0.2) is 46.1 Å². The summed E-state index contributed by atoms with van der Waals surface area (Å²) in [5, 5.41) is 1.64. The van der Waals surface area contributed by atoms with Gasteiger partial charge in [-0.15, -0.1) is 15.6 Å². The molecule has 1 aromatic heterocycles. The lowest BCUT2D eigenvalue weighted by atomic mass is 10.1. The van der Waals surface area contributed by atoms with Gasteiger partial charge in [0.2, 0.25) is 0 Å². The van der Waals surface area contributed by atoms with Crippen LogP contribution < -0.4 is 9.04 Å². The predicted octanol–water partition coefficient (Wildman–Crippen LogP) is 7.28. The van der Waals surface area contributed by atoms with Gasteiger partial charge in [-0.05, 0) is 63.4 Å². The van der Waals surface area contributed by atoms with Crippen LogP contribution >= 0.6 is 34.5 Å². The SMILES string of the molecule is C[CH]Cc1cc(Cl)ccc1Oc1cc(F)c(S(=O)(=O)N(C(=O)OC(C)(C)C)c2cscn2)cc1Cl. The molecular formula is C23H22Cl2FN2O5S2. The highest BCUT2D eigenvalue weighted by Crippen LogP contribution is 2.37. The van der Waals surface area contributed by atoms with Crippen molar-refractivity contribution in [2.24, 2.45) is 0 Å². The first-order chi connectivity index (χ1) is 16.3. The largest absolute Gasteiger partial charge is 0.455 e. The Hall–Kier alpha value is -2.40. The summed E-state index contributed by atoms with van der Waals surface area (Å²) in [6, 6.07) is 6.63. The van der Waals surface area contributed by atoms with Crippen LogP contribution in [0.25, 0.3) is 0 Å². The first kappa shape index (κ1) is 27.2. The van der Waals surface area contributed by atoms with E-state index < -0.39 is 32.4 Å². The number of ether oxygens (including phenoxy) is 2. The molecule has 1 amide bonds. The van der Waals surface area contributed by atoms with E-state index in [0.29, 0.717) is 21.5 Å². The second kappa shape index (κ2) is 10.7. The van der Waals surface area contributed by atoms with Crippen LogP contribution in [0.3, 0.4) is 0 Å². The molecule has 1 radical (unpaired) electrons. The van der Waals surface area contributed by atoms with E-state index in [1.807, 2.05) is 13.3 Å². The number of carbonyl (C=O) groups excluding carboxylic acids is 1. The van der Waals surface area contributed by atoms with Gasteiger partial charge in [0.1, 0.15) is 27.8 Å². The zero-order chi connectivity index (χ0) is 26.0. The zero-order valence-corrected chi connectivity index (χ0v) is 22.4. The predicted molar refractivity (Wildman–Crippen MR) is 135 cm³/mol. The molecule has 0 atom stereocenters. The molecule has 187 valence electrons. The molecule has 0 aliphatic rings. The third kappa shape index (κ3) is 6.43. The van der Waals surface area contributed by atoms with Crippen LogP contribution in [0.1, 0.15) is 33.3 Å². The fourth-order valence-corrected chi connectivity index (χ4v) is 5.35. The second-order valence-electron chi connectivity index (χ2n) is 8.28. The molecule has 0 N–H and O–H groups in total. The summed E-state index contributed by atoms with van der Waals surface area (Å²) < 4.78 is 53.3. The van der Waals surface area contributed by atoms with E-state index in [9.17, 15) is 13.2 Å². The van der Waals surface area contributed by atoms with Gasteiger partial charge >= 0.3 is 6.09 Å². The molecule has 0 saturated heterocycles. The summed E-state index contributed by atoms with van der Waals surface area (Å²) in [7, 11) is -4.80. The normalized spacial score (nSPS) is 11.9. The number of aromatic nitrogens is 1. The van der Waals surface area contributed by atoms with Crippen molar-refractivity contribution >= 4 is 56.5 Å². The highest BCUT2D eigenvalue weighted by atomic mass is 35.5. The number of benzene rings is 2. The van der Waals surface area contributed by atoms with E-state index in [1.165, 1.54) is 10.9 Å². The first-order valence-corrected chi connectivity index (χ1v) is 13.4. The molecule has 0 bridgehead atoms. The number of sulfonamides is 1. The first-order valence-electron chi connectivity index (χ1n) is 10.2. The minimum atomic E-state index is -4.80. The Morgan fingerprint density at radius 2 is 1.91 bits per heavy atom. The van der Waals surface area contributed by atoms with Gasteiger partial charge in [-0.1, -0.05) is 30.1 Å². The molecule has 0 fully saturated rings. The quantitative estimate of drug-likeness (QED) is 0.302. The number of hydrogen-bond acceptors (Lipinski definition) is 7.